The van der Waals surface area contributed by atoms with Gasteiger partial charge in [0, 0.05) is 32.1 Å². The molecule has 0 radical (unpaired) electrons. The number of carbonyl (C=O) groups excluding carboxylic acids is 1. The van der Waals surface area contributed by atoms with Gasteiger partial charge in [-0.25, -0.2) is 13.4 Å². The highest BCUT2D eigenvalue weighted by atomic mass is 32.2. The number of amides is 2. The SMILES string of the molecule is Cc1cc(F)ccc1[C@H]1CC(=N[S@](=O)C(C)(C)C)CCN1C(=O)N(C)[C@H](C)c1cc(C(F)(F)F)cc(C(F)(F)F)c1. The van der Waals surface area contributed by atoms with Crippen molar-refractivity contribution in [3.05, 3.63) is 70.0 Å². The molecule has 0 saturated carbocycles. The van der Waals surface area contributed by atoms with Crippen LogP contribution in [-0.2, 0) is 23.3 Å². The Labute approximate surface area is 237 Å². The summed E-state index contributed by atoms with van der Waals surface area (Å²) in [4.78, 5) is 16.3. The van der Waals surface area contributed by atoms with Gasteiger partial charge in [-0.05, 0) is 81.6 Å². The molecule has 0 aliphatic carbocycles. The quantitative estimate of drug-likeness (QED) is 0.331. The highest BCUT2D eigenvalue weighted by Crippen LogP contribution is 2.39. The molecule has 0 spiro atoms. The lowest BCUT2D eigenvalue weighted by atomic mass is 9.91. The van der Waals surface area contributed by atoms with E-state index in [-0.39, 0.29) is 31.0 Å². The van der Waals surface area contributed by atoms with E-state index >= 15 is 0 Å². The Balaban J connectivity index is 2.00. The summed E-state index contributed by atoms with van der Waals surface area (Å²) >= 11 is 0. The number of hydrogen-bond acceptors (Lipinski definition) is 2. The number of benzene rings is 2. The monoisotopic (exact) mass is 607 g/mol. The third kappa shape index (κ3) is 7.66. The van der Waals surface area contributed by atoms with Crippen LogP contribution in [0.5, 0.6) is 0 Å². The Morgan fingerprint density at radius 2 is 1.59 bits per heavy atom. The molecule has 1 fully saturated rings. The molecule has 1 aliphatic heterocycles. The minimum absolute atomic E-state index is 0.0401. The first kappa shape index (κ1) is 32.6. The van der Waals surface area contributed by atoms with Gasteiger partial charge in [-0.1, -0.05) is 6.07 Å². The molecule has 1 saturated heterocycles. The number of nitrogens with zero attached hydrogens (tertiary/aromatic N) is 3. The van der Waals surface area contributed by atoms with E-state index in [0.717, 1.165) is 4.90 Å². The van der Waals surface area contributed by atoms with Gasteiger partial charge < -0.3 is 9.80 Å². The van der Waals surface area contributed by atoms with E-state index < -0.39 is 63.1 Å². The molecule has 41 heavy (non-hydrogen) atoms. The number of alkyl halides is 6. The van der Waals surface area contributed by atoms with Crippen LogP contribution in [0.1, 0.15) is 80.4 Å². The third-order valence-electron chi connectivity index (χ3n) is 6.99. The fourth-order valence-electron chi connectivity index (χ4n) is 4.51. The second-order valence-electron chi connectivity index (χ2n) is 11.1. The van der Waals surface area contributed by atoms with Crippen molar-refractivity contribution in [3.8, 4) is 0 Å². The van der Waals surface area contributed by atoms with Gasteiger partial charge in [0.05, 0.1) is 28.0 Å². The van der Waals surface area contributed by atoms with Crippen molar-refractivity contribution in [1.29, 1.82) is 0 Å². The third-order valence-corrected chi connectivity index (χ3v) is 8.47. The molecule has 0 aromatic heterocycles. The number of urea groups is 1. The van der Waals surface area contributed by atoms with Crippen molar-refractivity contribution < 1.29 is 39.7 Å². The maximum absolute atomic E-state index is 13.9. The molecule has 226 valence electrons. The molecule has 1 heterocycles. The van der Waals surface area contributed by atoms with Gasteiger partial charge >= 0.3 is 18.4 Å². The van der Waals surface area contributed by atoms with Crippen LogP contribution >= 0.6 is 0 Å². The first-order valence-corrected chi connectivity index (χ1v) is 13.9. The van der Waals surface area contributed by atoms with Gasteiger partial charge in [-0.2, -0.15) is 30.7 Å². The molecule has 0 bridgehead atoms. The fourth-order valence-corrected chi connectivity index (χ4v) is 5.18. The minimum Gasteiger partial charge on any atom is -0.321 e. The number of halogens is 7. The largest absolute Gasteiger partial charge is 0.416 e. The van der Waals surface area contributed by atoms with E-state index in [0.29, 0.717) is 29.0 Å². The van der Waals surface area contributed by atoms with Crippen molar-refractivity contribution in [3.63, 3.8) is 0 Å². The van der Waals surface area contributed by atoms with Gasteiger partial charge in [0.25, 0.3) is 0 Å². The molecule has 0 N–H and O–H groups in total. The number of piperidine rings is 1. The highest BCUT2D eigenvalue weighted by Gasteiger charge is 2.39. The Hall–Kier alpha value is -2.96. The zero-order valence-corrected chi connectivity index (χ0v) is 24.3. The number of aryl methyl sites for hydroxylation is 1. The molecule has 1 aliphatic rings. The molecule has 13 heteroatoms. The summed E-state index contributed by atoms with van der Waals surface area (Å²) in [5.74, 6) is -0.488. The Bertz CT molecular complexity index is 1320. The highest BCUT2D eigenvalue weighted by molar-refractivity contribution is 7.85. The maximum atomic E-state index is 13.9. The van der Waals surface area contributed by atoms with Gasteiger partial charge in [-0.15, -0.1) is 0 Å². The molecule has 2 aromatic rings. The van der Waals surface area contributed by atoms with Crippen molar-refractivity contribution in [2.75, 3.05) is 13.6 Å². The smallest absolute Gasteiger partial charge is 0.321 e. The van der Waals surface area contributed by atoms with Crippen LogP contribution in [0.4, 0.5) is 35.5 Å². The zero-order valence-electron chi connectivity index (χ0n) is 23.5. The number of likely N-dealkylation sites (tertiary alicyclic amines) is 1. The van der Waals surface area contributed by atoms with Crippen LogP contribution in [0.3, 0.4) is 0 Å². The van der Waals surface area contributed by atoms with Crippen LogP contribution in [0.15, 0.2) is 40.8 Å². The summed E-state index contributed by atoms with van der Waals surface area (Å²) in [5.41, 5.74) is -1.57. The zero-order chi connectivity index (χ0) is 31.1. The molecule has 2 aromatic carbocycles. The average molecular weight is 608 g/mol. The topological polar surface area (TPSA) is 53.0 Å². The van der Waals surface area contributed by atoms with Gasteiger partial charge in [0.2, 0.25) is 0 Å². The Kier molecular flexibility index (Phi) is 9.31. The van der Waals surface area contributed by atoms with Crippen LogP contribution in [-0.4, -0.2) is 44.1 Å². The number of hydrogen-bond donors (Lipinski definition) is 0. The lowest BCUT2D eigenvalue weighted by Gasteiger charge is -2.41. The Morgan fingerprint density at radius 3 is 2.07 bits per heavy atom. The molecule has 2 amide bonds. The van der Waals surface area contributed by atoms with Crippen molar-refractivity contribution in [2.45, 2.75) is 76.6 Å². The van der Waals surface area contributed by atoms with Gasteiger partial charge in [0.1, 0.15) is 16.8 Å². The second-order valence-corrected chi connectivity index (χ2v) is 13.0. The molecule has 3 atom stereocenters. The Morgan fingerprint density at radius 1 is 1.02 bits per heavy atom. The summed E-state index contributed by atoms with van der Waals surface area (Å²) in [6.07, 6.45) is -9.63. The molecule has 0 unspecified atom stereocenters. The average Bonchev–Trinajstić information content (AvgIpc) is 2.85. The van der Waals surface area contributed by atoms with Crippen molar-refractivity contribution in [2.24, 2.45) is 4.40 Å². The van der Waals surface area contributed by atoms with E-state index in [1.54, 1.807) is 27.7 Å². The first-order chi connectivity index (χ1) is 18.7. The van der Waals surface area contributed by atoms with Gasteiger partial charge in [0.15, 0.2) is 0 Å². The van der Waals surface area contributed by atoms with Crippen LogP contribution < -0.4 is 0 Å². The number of carbonyl (C=O) groups is 1. The second kappa shape index (κ2) is 11.7. The van der Waals surface area contributed by atoms with E-state index in [2.05, 4.69) is 4.40 Å². The lowest BCUT2D eigenvalue weighted by Crippen LogP contribution is -2.48. The summed E-state index contributed by atoms with van der Waals surface area (Å²) in [5, 5.41) is 0. The molecule has 5 nitrogen and oxygen atoms in total. The predicted octanol–water partition coefficient (Wildman–Crippen LogP) is 8.02. The molecular formula is C28H32F7N3O2S. The summed E-state index contributed by atoms with van der Waals surface area (Å²) in [7, 11) is -0.268. The van der Waals surface area contributed by atoms with Crippen LogP contribution in [0.25, 0.3) is 0 Å². The summed E-state index contributed by atoms with van der Waals surface area (Å²) < 4.78 is 111. The van der Waals surface area contributed by atoms with E-state index in [1.807, 2.05) is 0 Å². The van der Waals surface area contributed by atoms with Gasteiger partial charge in [-0.3, -0.25) is 0 Å². The molecule has 3 rings (SSSR count). The maximum Gasteiger partial charge on any atom is 0.416 e. The predicted molar refractivity (Wildman–Crippen MR) is 143 cm³/mol. The summed E-state index contributed by atoms with van der Waals surface area (Å²) in [6.45, 7) is 8.39. The fraction of sp³-hybridized carbons (Fsp3) is 0.500. The van der Waals surface area contributed by atoms with E-state index in [1.165, 1.54) is 37.1 Å². The van der Waals surface area contributed by atoms with Crippen LogP contribution in [0, 0.1) is 12.7 Å². The molecular weight excluding hydrogens is 575 g/mol. The summed E-state index contributed by atoms with van der Waals surface area (Å²) in [6, 6.07) is 2.81. The van der Waals surface area contributed by atoms with Crippen LogP contribution in [0.2, 0.25) is 0 Å². The normalized spacial score (nSPS) is 19.3. The van der Waals surface area contributed by atoms with Crippen molar-refractivity contribution >= 4 is 22.7 Å². The van der Waals surface area contributed by atoms with E-state index in [9.17, 15) is 39.7 Å². The lowest BCUT2D eigenvalue weighted by molar-refractivity contribution is -0.143. The minimum atomic E-state index is -5.03. The standard InChI is InChI=1S/C28H32F7N3O2S/c1-16-11-21(29)7-8-23(16)24-15-22(36-41(40)26(3,4)5)9-10-38(24)25(39)37(6)17(2)18-12-19(27(30,31)32)14-20(13-18)28(33,34)35/h7-8,11-14,17,24H,9-10,15H2,1-6H3/t17-,24-,41-/m1/s1. The first-order valence-electron chi connectivity index (χ1n) is 12.8. The number of rotatable bonds is 4. The van der Waals surface area contributed by atoms with E-state index in [4.69, 9.17) is 0 Å². The van der Waals surface area contributed by atoms with Crippen molar-refractivity contribution in [1.82, 2.24) is 9.80 Å².